The van der Waals surface area contributed by atoms with Crippen LogP contribution in [0, 0.1) is 0 Å². The lowest BCUT2D eigenvalue weighted by atomic mass is 9.96. The van der Waals surface area contributed by atoms with Gasteiger partial charge in [0.05, 0.1) is 11.8 Å². The molecule has 2 aliphatic rings. The molecule has 2 N–H and O–H groups in total. The van der Waals surface area contributed by atoms with E-state index in [-0.39, 0.29) is 0 Å². The zero-order valence-electron chi connectivity index (χ0n) is 16.6. The highest BCUT2D eigenvalue weighted by atomic mass is 16.3. The molecule has 0 saturated heterocycles. The van der Waals surface area contributed by atoms with Crippen molar-refractivity contribution in [2.24, 2.45) is 0 Å². The van der Waals surface area contributed by atoms with Gasteiger partial charge in [-0.05, 0) is 56.2 Å². The van der Waals surface area contributed by atoms with Gasteiger partial charge in [0.1, 0.15) is 5.82 Å². The summed E-state index contributed by atoms with van der Waals surface area (Å²) in [5, 5.41) is 13.3. The van der Waals surface area contributed by atoms with Crippen LogP contribution in [0.15, 0.2) is 24.3 Å². The first-order chi connectivity index (χ1) is 13.0. The Kier molecular flexibility index (Phi) is 5.04. The largest absolute Gasteiger partial charge is 0.389 e. The number of hydrogen-bond acceptors (Lipinski definition) is 5. The number of fused-ring (bicyclic) bond motifs is 1. The summed E-state index contributed by atoms with van der Waals surface area (Å²) < 4.78 is 0. The predicted molar refractivity (Wildman–Crippen MR) is 109 cm³/mol. The molecule has 144 valence electrons. The van der Waals surface area contributed by atoms with Crippen molar-refractivity contribution >= 4 is 11.8 Å². The topological polar surface area (TPSA) is 61.3 Å². The lowest BCUT2D eigenvalue weighted by Gasteiger charge is -2.31. The summed E-state index contributed by atoms with van der Waals surface area (Å²) in [4.78, 5) is 12.0. The van der Waals surface area contributed by atoms with E-state index in [1.54, 1.807) is 0 Å². The first-order valence-corrected chi connectivity index (χ1v) is 10.2. The van der Waals surface area contributed by atoms with Gasteiger partial charge in [0, 0.05) is 31.1 Å². The first kappa shape index (κ1) is 18.2. The predicted octanol–water partition coefficient (Wildman–Crippen LogP) is 4.18. The Labute approximate surface area is 161 Å². The van der Waals surface area contributed by atoms with E-state index in [9.17, 15) is 5.11 Å². The van der Waals surface area contributed by atoms with Crippen LogP contribution in [0.5, 0.6) is 0 Å². The normalized spacial score (nSPS) is 18.7. The number of aliphatic hydroxyl groups excluding tert-OH is 1. The standard InChI is InChI=1S/C22H30N4O/c1-4-14(2)23-22-24-20(16-5-6-16)12-21(25-22)26-10-9-18-11-17(15(3)27)7-8-19(18)13-26/h7-8,11-12,14-16,27H,4-6,9-10,13H2,1-3H3,(H,23,24,25)/t14-,15-/m1/s1. The van der Waals surface area contributed by atoms with E-state index in [1.807, 2.05) is 13.0 Å². The van der Waals surface area contributed by atoms with Gasteiger partial charge in [-0.25, -0.2) is 4.98 Å². The molecule has 1 saturated carbocycles. The Morgan fingerprint density at radius 2 is 2.00 bits per heavy atom. The fourth-order valence-corrected chi connectivity index (χ4v) is 3.62. The minimum atomic E-state index is -0.412. The van der Waals surface area contributed by atoms with Crippen molar-refractivity contribution in [2.75, 3.05) is 16.8 Å². The minimum Gasteiger partial charge on any atom is -0.389 e. The number of aliphatic hydroxyl groups is 1. The van der Waals surface area contributed by atoms with Gasteiger partial charge in [0.2, 0.25) is 5.95 Å². The van der Waals surface area contributed by atoms with E-state index in [0.29, 0.717) is 12.0 Å². The van der Waals surface area contributed by atoms with Crippen LogP contribution in [0.2, 0.25) is 0 Å². The van der Waals surface area contributed by atoms with E-state index in [1.165, 1.54) is 29.7 Å². The van der Waals surface area contributed by atoms with Gasteiger partial charge in [-0.2, -0.15) is 4.98 Å². The number of anilines is 2. The Balaban J connectivity index is 1.59. The number of rotatable bonds is 6. The third-order valence-electron chi connectivity index (χ3n) is 5.76. The molecule has 5 heteroatoms. The molecule has 2 atom stereocenters. The fraction of sp³-hybridized carbons (Fsp3) is 0.545. The average Bonchev–Trinajstić information content (AvgIpc) is 3.52. The maximum Gasteiger partial charge on any atom is 0.225 e. The second-order valence-corrected chi connectivity index (χ2v) is 8.08. The second kappa shape index (κ2) is 7.47. The van der Waals surface area contributed by atoms with Crippen molar-refractivity contribution in [3.05, 3.63) is 46.6 Å². The van der Waals surface area contributed by atoms with Gasteiger partial charge in [0.15, 0.2) is 0 Å². The molecule has 0 radical (unpaired) electrons. The molecule has 1 aromatic carbocycles. The first-order valence-electron chi connectivity index (χ1n) is 10.2. The molecule has 2 heterocycles. The summed E-state index contributed by atoms with van der Waals surface area (Å²) in [6.45, 7) is 7.97. The molecule has 1 fully saturated rings. The van der Waals surface area contributed by atoms with Crippen LogP contribution in [0.25, 0.3) is 0 Å². The molecule has 0 unspecified atom stereocenters. The molecule has 1 aliphatic heterocycles. The van der Waals surface area contributed by atoms with Gasteiger partial charge >= 0.3 is 0 Å². The van der Waals surface area contributed by atoms with E-state index in [0.717, 1.165) is 43.3 Å². The van der Waals surface area contributed by atoms with Crippen LogP contribution in [0.4, 0.5) is 11.8 Å². The van der Waals surface area contributed by atoms with Crippen LogP contribution >= 0.6 is 0 Å². The number of benzene rings is 1. The lowest BCUT2D eigenvalue weighted by molar-refractivity contribution is 0.199. The van der Waals surface area contributed by atoms with Crippen molar-refractivity contribution in [1.82, 2.24) is 9.97 Å². The van der Waals surface area contributed by atoms with E-state index < -0.39 is 6.10 Å². The molecule has 1 aromatic heterocycles. The molecule has 0 bridgehead atoms. The minimum absolute atomic E-state index is 0.369. The summed E-state index contributed by atoms with van der Waals surface area (Å²) in [7, 11) is 0. The van der Waals surface area contributed by atoms with Crippen LogP contribution in [0.3, 0.4) is 0 Å². The van der Waals surface area contributed by atoms with Crippen LogP contribution in [0.1, 0.15) is 74.4 Å². The molecule has 0 amide bonds. The molecular weight excluding hydrogens is 336 g/mol. The number of hydrogen-bond donors (Lipinski definition) is 2. The highest BCUT2D eigenvalue weighted by Gasteiger charge is 2.28. The Hall–Kier alpha value is -2.14. The van der Waals surface area contributed by atoms with Gasteiger partial charge < -0.3 is 15.3 Å². The zero-order valence-corrected chi connectivity index (χ0v) is 16.6. The van der Waals surface area contributed by atoms with E-state index in [2.05, 4.69) is 42.3 Å². The van der Waals surface area contributed by atoms with E-state index >= 15 is 0 Å². The van der Waals surface area contributed by atoms with E-state index in [4.69, 9.17) is 9.97 Å². The van der Waals surface area contributed by atoms with Crippen LogP contribution < -0.4 is 10.2 Å². The van der Waals surface area contributed by atoms with Crippen LogP contribution in [-0.4, -0.2) is 27.7 Å². The van der Waals surface area contributed by atoms with Gasteiger partial charge in [-0.3, -0.25) is 0 Å². The third kappa shape index (κ3) is 4.08. The Morgan fingerprint density at radius 1 is 1.19 bits per heavy atom. The molecule has 5 nitrogen and oxygen atoms in total. The van der Waals surface area contributed by atoms with Crippen molar-refractivity contribution in [2.45, 2.75) is 71.1 Å². The fourth-order valence-electron chi connectivity index (χ4n) is 3.62. The molecule has 2 aromatic rings. The highest BCUT2D eigenvalue weighted by Crippen LogP contribution is 2.40. The summed E-state index contributed by atoms with van der Waals surface area (Å²) in [6.07, 6.45) is 4.10. The van der Waals surface area contributed by atoms with Crippen molar-refractivity contribution in [3.63, 3.8) is 0 Å². The molecule has 0 spiro atoms. The van der Waals surface area contributed by atoms with Crippen LogP contribution in [-0.2, 0) is 13.0 Å². The maximum atomic E-state index is 9.83. The highest BCUT2D eigenvalue weighted by molar-refractivity contribution is 5.50. The SMILES string of the molecule is CC[C@@H](C)Nc1nc(C2CC2)cc(N2CCc3cc([C@@H](C)O)ccc3C2)n1. The van der Waals surface area contributed by atoms with Crippen molar-refractivity contribution < 1.29 is 5.11 Å². The number of nitrogens with zero attached hydrogens (tertiary/aromatic N) is 3. The maximum absolute atomic E-state index is 9.83. The van der Waals surface area contributed by atoms with Crippen molar-refractivity contribution in [3.8, 4) is 0 Å². The summed E-state index contributed by atoms with van der Waals surface area (Å²) in [6, 6.07) is 8.91. The average molecular weight is 367 g/mol. The number of nitrogens with one attached hydrogen (secondary N) is 1. The lowest BCUT2D eigenvalue weighted by Crippen LogP contribution is -2.31. The Morgan fingerprint density at radius 3 is 2.70 bits per heavy atom. The molecular formula is C22H30N4O. The quantitative estimate of drug-likeness (QED) is 0.803. The van der Waals surface area contributed by atoms with Gasteiger partial charge in [-0.1, -0.05) is 25.1 Å². The molecule has 27 heavy (non-hydrogen) atoms. The zero-order chi connectivity index (χ0) is 19.0. The van der Waals surface area contributed by atoms with Crippen molar-refractivity contribution in [1.29, 1.82) is 0 Å². The molecule has 4 rings (SSSR count). The second-order valence-electron chi connectivity index (χ2n) is 8.08. The summed E-state index contributed by atoms with van der Waals surface area (Å²) >= 11 is 0. The monoisotopic (exact) mass is 366 g/mol. The number of aromatic nitrogens is 2. The Bertz CT molecular complexity index is 816. The summed E-state index contributed by atoms with van der Waals surface area (Å²) in [5.41, 5.74) is 4.86. The van der Waals surface area contributed by atoms with Gasteiger partial charge in [-0.15, -0.1) is 0 Å². The smallest absolute Gasteiger partial charge is 0.225 e. The third-order valence-corrected chi connectivity index (χ3v) is 5.76. The molecule has 1 aliphatic carbocycles. The van der Waals surface area contributed by atoms with Gasteiger partial charge in [0.25, 0.3) is 0 Å². The summed E-state index contributed by atoms with van der Waals surface area (Å²) in [5.74, 6) is 2.40.